The molecule has 0 radical (unpaired) electrons. The first-order valence-electron chi connectivity index (χ1n) is 13.1. The van der Waals surface area contributed by atoms with Crippen molar-refractivity contribution < 1.29 is 18.0 Å². The highest BCUT2D eigenvalue weighted by Gasteiger charge is 2.34. The maximum atomic E-state index is 14.0. The fourth-order valence-corrected chi connectivity index (χ4v) is 5.73. The number of amides is 2. The molecule has 1 N–H and O–H groups in total. The van der Waals surface area contributed by atoms with Crippen molar-refractivity contribution in [1.82, 2.24) is 10.2 Å². The largest absolute Gasteiger partial charge is 0.352 e. The highest BCUT2D eigenvalue weighted by atomic mass is 35.5. The molecular weight excluding hydrogens is 534 g/mol. The van der Waals surface area contributed by atoms with Gasteiger partial charge in [0.2, 0.25) is 11.8 Å². The number of nitrogens with zero attached hydrogens (tertiary/aromatic N) is 2. The van der Waals surface area contributed by atoms with E-state index in [1.807, 2.05) is 58.0 Å². The van der Waals surface area contributed by atoms with E-state index in [4.69, 9.17) is 11.6 Å². The van der Waals surface area contributed by atoms with Gasteiger partial charge in [-0.1, -0.05) is 79.5 Å². The number of hydrogen-bond donors (Lipinski definition) is 1. The molecule has 39 heavy (non-hydrogen) atoms. The average Bonchev–Trinajstić information content (AvgIpc) is 2.92. The summed E-state index contributed by atoms with van der Waals surface area (Å²) in [4.78, 5) is 28.8. The van der Waals surface area contributed by atoms with Gasteiger partial charge in [-0.25, -0.2) is 8.42 Å². The zero-order valence-corrected chi connectivity index (χ0v) is 24.4. The molecule has 0 saturated carbocycles. The van der Waals surface area contributed by atoms with E-state index in [1.165, 1.54) is 23.1 Å². The average molecular weight is 570 g/mol. The van der Waals surface area contributed by atoms with Gasteiger partial charge in [-0.3, -0.25) is 13.9 Å². The first-order chi connectivity index (χ1) is 18.6. The first kappa shape index (κ1) is 30.2. The molecule has 3 aromatic carbocycles. The predicted molar refractivity (Wildman–Crippen MR) is 156 cm³/mol. The lowest BCUT2D eigenvalue weighted by atomic mass is 10.1. The maximum Gasteiger partial charge on any atom is 0.264 e. The van der Waals surface area contributed by atoms with Crippen molar-refractivity contribution in [2.45, 2.75) is 64.1 Å². The molecule has 3 aromatic rings. The van der Waals surface area contributed by atoms with Crippen LogP contribution in [0, 0.1) is 6.92 Å². The van der Waals surface area contributed by atoms with Crippen molar-refractivity contribution >= 4 is 39.1 Å². The molecule has 0 aromatic heterocycles. The molecule has 0 spiro atoms. The van der Waals surface area contributed by atoms with Crippen LogP contribution in [0.15, 0.2) is 83.8 Å². The Morgan fingerprint density at radius 2 is 1.59 bits per heavy atom. The third-order valence-corrected chi connectivity index (χ3v) is 8.59. The lowest BCUT2D eigenvalue weighted by Crippen LogP contribution is -2.53. The van der Waals surface area contributed by atoms with Crippen LogP contribution in [-0.2, 0) is 26.2 Å². The quantitative estimate of drug-likeness (QED) is 0.309. The number of sulfonamides is 1. The molecule has 208 valence electrons. The summed E-state index contributed by atoms with van der Waals surface area (Å²) in [5, 5.41) is 3.31. The van der Waals surface area contributed by atoms with Crippen molar-refractivity contribution in [3.05, 3.63) is 95.0 Å². The molecule has 7 nitrogen and oxygen atoms in total. The zero-order valence-electron chi connectivity index (χ0n) is 22.8. The van der Waals surface area contributed by atoms with E-state index in [2.05, 4.69) is 5.32 Å². The van der Waals surface area contributed by atoms with Gasteiger partial charge >= 0.3 is 0 Å². The Labute approximate surface area is 236 Å². The summed E-state index contributed by atoms with van der Waals surface area (Å²) in [5.41, 5.74) is 2.00. The summed E-state index contributed by atoms with van der Waals surface area (Å²) < 4.78 is 28.8. The van der Waals surface area contributed by atoms with Gasteiger partial charge in [0, 0.05) is 17.6 Å². The zero-order chi connectivity index (χ0) is 28.6. The number of benzene rings is 3. The Kier molecular flexibility index (Phi) is 10.5. The van der Waals surface area contributed by atoms with Gasteiger partial charge in [0.15, 0.2) is 0 Å². The van der Waals surface area contributed by atoms with Crippen LogP contribution in [0.1, 0.15) is 44.7 Å². The maximum absolute atomic E-state index is 14.0. The minimum Gasteiger partial charge on any atom is -0.352 e. The number of rotatable bonds is 12. The number of nitrogens with one attached hydrogen (secondary N) is 1. The Morgan fingerprint density at radius 1 is 0.923 bits per heavy atom. The van der Waals surface area contributed by atoms with Crippen LogP contribution in [0.3, 0.4) is 0 Å². The van der Waals surface area contributed by atoms with Crippen LogP contribution in [0.2, 0.25) is 5.02 Å². The topological polar surface area (TPSA) is 86.8 Å². The highest BCUT2D eigenvalue weighted by Crippen LogP contribution is 2.27. The van der Waals surface area contributed by atoms with Gasteiger partial charge in [-0.2, -0.15) is 0 Å². The first-order valence-corrected chi connectivity index (χ1v) is 14.9. The van der Waals surface area contributed by atoms with E-state index in [0.29, 0.717) is 11.4 Å². The molecule has 2 unspecified atom stereocenters. The van der Waals surface area contributed by atoms with Crippen LogP contribution in [0.25, 0.3) is 0 Å². The number of anilines is 1. The lowest BCUT2D eigenvalue weighted by molar-refractivity contribution is -0.140. The van der Waals surface area contributed by atoms with E-state index >= 15 is 0 Å². The summed E-state index contributed by atoms with van der Waals surface area (Å²) in [6.07, 6.45) is 1.11. The van der Waals surface area contributed by atoms with E-state index < -0.39 is 28.5 Å². The molecule has 0 heterocycles. The Bertz CT molecular complexity index is 1360. The molecule has 0 fully saturated rings. The molecule has 0 aliphatic carbocycles. The second-order valence-electron chi connectivity index (χ2n) is 9.55. The molecule has 0 saturated heterocycles. The van der Waals surface area contributed by atoms with Crippen LogP contribution in [0.5, 0.6) is 0 Å². The summed E-state index contributed by atoms with van der Waals surface area (Å²) in [6.45, 7) is 7.23. The summed E-state index contributed by atoms with van der Waals surface area (Å²) in [5.74, 6) is -0.771. The van der Waals surface area contributed by atoms with Gasteiger partial charge in [-0.05, 0) is 62.6 Å². The number of carbonyl (C=O) groups excluding carboxylic acids is 2. The van der Waals surface area contributed by atoms with Gasteiger partial charge in [0.1, 0.15) is 12.6 Å². The van der Waals surface area contributed by atoms with Gasteiger partial charge < -0.3 is 10.2 Å². The van der Waals surface area contributed by atoms with Crippen LogP contribution in [0.4, 0.5) is 5.69 Å². The lowest BCUT2D eigenvalue weighted by Gasteiger charge is -2.33. The fraction of sp³-hybridized carbons (Fsp3) is 0.333. The standard InChI is InChI=1S/C30H36ClN3O4S/c1-5-23(4)32-30(36)28(6-2)33(20-24-11-8-7-9-12-24)29(35)21-34(26-14-10-13-25(31)19-26)39(37,38)27-17-15-22(3)16-18-27/h7-19,23,28H,5-6,20-21H2,1-4H3,(H,32,36). The second-order valence-corrected chi connectivity index (χ2v) is 11.9. The normalized spacial score (nSPS) is 12.8. The highest BCUT2D eigenvalue weighted by molar-refractivity contribution is 7.92. The molecule has 3 rings (SSSR count). The molecule has 0 aliphatic heterocycles. The number of hydrogen-bond acceptors (Lipinski definition) is 4. The van der Waals surface area contributed by atoms with Crippen molar-refractivity contribution in [3.8, 4) is 0 Å². The van der Waals surface area contributed by atoms with E-state index in [0.717, 1.165) is 21.9 Å². The minimum atomic E-state index is -4.14. The fourth-order valence-electron chi connectivity index (χ4n) is 4.14. The summed E-state index contributed by atoms with van der Waals surface area (Å²) in [7, 11) is -4.14. The third-order valence-electron chi connectivity index (χ3n) is 6.57. The minimum absolute atomic E-state index is 0.0528. The molecule has 0 bridgehead atoms. The number of carbonyl (C=O) groups is 2. The summed E-state index contributed by atoms with van der Waals surface area (Å²) in [6, 6.07) is 21.3. The van der Waals surface area contributed by atoms with Gasteiger partial charge in [0.25, 0.3) is 10.0 Å². The SMILES string of the molecule is CCC(C)NC(=O)C(CC)N(Cc1ccccc1)C(=O)CN(c1cccc(Cl)c1)S(=O)(=O)c1ccc(C)cc1. The van der Waals surface area contributed by atoms with Gasteiger partial charge in [-0.15, -0.1) is 0 Å². The Balaban J connectivity index is 2.04. The van der Waals surface area contributed by atoms with E-state index in [-0.39, 0.29) is 29.1 Å². The predicted octanol–water partition coefficient (Wildman–Crippen LogP) is 5.57. The van der Waals surface area contributed by atoms with Crippen molar-refractivity contribution in [2.24, 2.45) is 0 Å². The van der Waals surface area contributed by atoms with Crippen molar-refractivity contribution in [1.29, 1.82) is 0 Å². The smallest absolute Gasteiger partial charge is 0.264 e. The van der Waals surface area contributed by atoms with E-state index in [1.54, 1.807) is 30.3 Å². The van der Waals surface area contributed by atoms with Crippen molar-refractivity contribution in [3.63, 3.8) is 0 Å². The monoisotopic (exact) mass is 569 g/mol. The number of aryl methyl sites for hydroxylation is 1. The van der Waals surface area contributed by atoms with E-state index in [9.17, 15) is 18.0 Å². The third kappa shape index (κ3) is 7.83. The molecule has 2 amide bonds. The molecule has 2 atom stereocenters. The Hall–Kier alpha value is -3.36. The van der Waals surface area contributed by atoms with Crippen LogP contribution >= 0.6 is 11.6 Å². The van der Waals surface area contributed by atoms with Crippen molar-refractivity contribution in [2.75, 3.05) is 10.8 Å². The van der Waals surface area contributed by atoms with Gasteiger partial charge in [0.05, 0.1) is 10.6 Å². The molecule has 9 heteroatoms. The summed E-state index contributed by atoms with van der Waals surface area (Å²) >= 11 is 6.22. The van der Waals surface area contributed by atoms with Crippen LogP contribution in [-0.4, -0.2) is 43.8 Å². The Morgan fingerprint density at radius 3 is 2.18 bits per heavy atom. The second kappa shape index (κ2) is 13.6. The molecule has 0 aliphatic rings. The molecular formula is C30H36ClN3O4S. The van der Waals surface area contributed by atoms with Crippen LogP contribution < -0.4 is 9.62 Å². The number of halogens is 1.